The molecule has 0 N–H and O–H groups in total. The number of carbonyl (C=O) groups is 1. The van der Waals surface area contributed by atoms with Gasteiger partial charge in [0.05, 0.1) is 28.5 Å². The molecule has 0 amide bonds. The molecule has 1 aliphatic rings. The van der Waals surface area contributed by atoms with E-state index in [1.165, 1.54) is 11.3 Å². The van der Waals surface area contributed by atoms with E-state index in [1.54, 1.807) is 18.4 Å². The molecular weight excluding hydrogens is 522 g/mol. The van der Waals surface area contributed by atoms with Gasteiger partial charge in [0.2, 0.25) is 0 Å². The van der Waals surface area contributed by atoms with Crippen LogP contribution in [-0.4, -0.2) is 31.2 Å². The number of esters is 1. The molecule has 40 heavy (non-hydrogen) atoms. The molecule has 0 radical (unpaired) electrons. The van der Waals surface area contributed by atoms with Crippen molar-refractivity contribution in [3.8, 4) is 5.75 Å². The normalized spacial score (nSPS) is 14.9. The molecule has 7 nitrogen and oxygen atoms in total. The van der Waals surface area contributed by atoms with Gasteiger partial charge in [0.15, 0.2) is 4.80 Å². The zero-order valence-electron chi connectivity index (χ0n) is 23.0. The van der Waals surface area contributed by atoms with Gasteiger partial charge in [-0.2, -0.15) is 0 Å². The van der Waals surface area contributed by atoms with Gasteiger partial charge in [-0.3, -0.25) is 9.36 Å². The molecule has 204 valence electrons. The third-order valence-corrected chi connectivity index (χ3v) is 7.65. The quantitative estimate of drug-likeness (QED) is 0.302. The van der Waals surface area contributed by atoms with Crippen LogP contribution >= 0.6 is 11.3 Å². The number of hydrogen-bond acceptors (Lipinski definition) is 7. The lowest BCUT2D eigenvalue weighted by atomic mass is 9.95. The molecular formula is C32H31N3O4S. The maximum atomic E-state index is 13.8. The summed E-state index contributed by atoms with van der Waals surface area (Å²) in [5.41, 5.74) is 4.51. The van der Waals surface area contributed by atoms with Crippen molar-refractivity contribution in [2.75, 3.05) is 25.6 Å². The van der Waals surface area contributed by atoms with Crippen LogP contribution in [0.3, 0.4) is 0 Å². The van der Waals surface area contributed by atoms with Crippen LogP contribution in [0.1, 0.15) is 36.6 Å². The number of thiazole rings is 1. The van der Waals surface area contributed by atoms with Crippen molar-refractivity contribution in [3.05, 3.63) is 127 Å². The fourth-order valence-electron chi connectivity index (χ4n) is 4.61. The number of hydrogen-bond donors (Lipinski definition) is 0. The first kappa shape index (κ1) is 27.1. The van der Waals surface area contributed by atoms with Gasteiger partial charge in [0.1, 0.15) is 12.4 Å². The number of benzene rings is 3. The number of fused-ring (bicyclic) bond motifs is 1. The van der Waals surface area contributed by atoms with Gasteiger partial charge < -0.3 is 14.4 Å². The largest absolute Gasteiger partial charge is 0.489 e. The smallest absolute Gasteiger partial charge is 0.338 e. The highest BCUT2D eigenvalue weighted by molar-refractivity contribution is 7.07. The lowest BCUT2D eigenvalue weighted by Crippen LogP contribution is -2.39. The minimum absolute atomic E-state index is 0.205. The van der Waals surface area contributed by atoms with E-state index in [2.05, 4.69) is 4.99 Å². The molecule has 2 heterocycles. The minimum Gasteiger partial charge on any atom is -0.489 e. The van der Waals surface area contributed by atoms with Crippen molar-refractivity contribution in [2.24, 2.45) is 4.99 Å². The topological polar surface area (TPSA) is 73.1 Å². The summed E-state index contributed by atoms with van der Waals surface area (Å²) < 4.78 is 13.4. The molecule has 0 aliphatic carbocycles. The van der Waals surface area contributed by atoms with E-state index in [4.69, 9.17) is 9.47 Å². The van der Waals surface area contributed by atoms with Crippen LogP contribution in [0.25, 0.3) is 6.08 Å². The van der Waals surface area contributed by atoms with Crippen molar-refractivity contribution in [2.45, 2.75) is 26.5 Å². The second kappa shape index (κ2) is 11.8. The predicted molar refractivity (Wildman–Crippen MR) is 158 cm³/mol. The molecule has 0 saturated heterocycles. The molecule has 1 aliphatic heterocycles. The highest BCUT2D eigenvalue weighted by Gasteiger charge is 2.33. The number of ether oxygens (including phenoxy) is 2. The molecule has 1 aromatic heterocycles. The number of allylic oxidation sites excluding steroid dienone is 1. The molecule has 0 bridgehead atoms. The first-order chi connectivity index (χ1) is 19.4. The first-order valence-electron chi connectivity index (χ1n) is 13.1. The average Bonchev–Trinajstić information content (AvgIpc) is 3.26. The molecule has 1 atom stereocenters. The number of aromatic nitrogens is 1. The monoisotopic (exact) mass is 553 g/mol. The number of carbonyl (C=O) groups excluding carboxylic acids is 1. The second-order valence-corrected chi connectivity index (χ2v) is 10.6. The Labute approximate surface area is 237 Å². The summed E-state index contributed by atoms with van der Waals surface area (Å²) in [6, 6.07) is 24.8. The summed E-state index contributed by atoms with van der Waals surface area (Å²) in [6.07, 6.45) is 1.85. The lowest BCUT2D eigenvalue weighted by Gasteiger charge is -2.25. The summed E-state index contributed by atoms with van der Waals surface area (Å²) >= 11 is 1.31. The van der Waals surface area contributed by atoms with Crippen LogP contribution in [0, 0.1) is 0 Å². The van der Waals surface area contributed by atoms with Crippen molar-refractivity contribution in [1.29, 1.82) is 0 Å². The number of rotatable bonds is 8. The Hall–Kier alpha value is -4.43. The van der Waals surface area contributed by atoms with Crippen LogP contribution in [0.2, 0.25) is 0 Å². The summed E-state index contributed by atoms with van der Waals surface area (Å²) in [5.74, 6) is 0.282. The Morgan fingerprint density at radius 1 is 1.02 bits per heavy atom. The van der Waals surface area contributed by atoms with E-state index in [1.807, 2.05) is 104 Å². The Morgan fingerprint density at radius 3 is 2.38 bits per heavy atom. The van der Waals surface area contributed by atoms with Gasteiger partial charge in [0.25, 0.3) is 5.56 Å². The van der Waals surface area contributed by atoms with Crippen molar-refractivity contribution in [3.63, 3.8) is 0 Å². The Balaban J connectivity index is 1.51. The standard InChI is InChI=1S/C32H31N3O4S/c1-5-38-31(37)28-21(2)33-32-35(29(28)24-13-15-25(16-14-24)34(3)4)30(36)27(40-32)19-22-11-17-26(18-12-22)39-20-23-9-7-6-8-10-23/h6-19,29H,5,20H2,1-4H3/t29-/m0/s1. The average molecular weight is 554 g/mol. The Morgan fingerprint density at radius 2 is 1.73 bits per heavy atom. The molecule has 0 unspecified atom stereocenters. The summed E-state index contributed by atoms with van der Waals surface area (Å²) in [7, 11) is 3.93. The van der Waals surface area contributed by atoms with Crippen LogP contribution < -0.4 is 24.5 Å². The molecule has 4 aromatic rings. The maximum absolute atomic E-state index is 13.8. The van der Waals surface area contributed by atoms with E-state index >= 15 is 0 Å². The third-order valence-electron chi connectivity index (χ3n) is 6.67. The van der Waals surface area contributed by atoms with E-state index in [0.717, 1.165) is 28.1 Å². The van der Waals surface area contributed by atoms with E-state index < -0.39 is 12.0 Å². The lowest BCUT2D eigenvalue weighted by molar-refractivity contribution is -0.139. The summed E-state index contributed by atoms with van der Waals surface area (Å²) in [6.45, 7) is 4.27. The number of nitrogens with zero attached hydrogens (tertiary/aromatic N) is 3. The highest BCUT2D eigenvalue weighted by atomic mass is 32.1. The third kappa shape index (κ3) is 5.62. The fraction of sp³-hybridized carbons (Fsp3) is 0.219. The number of anilines is 1. The maximum Gasteiger partial charge on any atom is 0.338 e. The van der Waals surface area contributed by atoms with Crippen molar-refractivity contribution in [1.82, 2.24) is 4.57 Å². The first-order valence-corrected chi connectivity index (χ1v) is 13.9. The van der Waals surface area contributed by atoms with E-state index in [-0.39, 0.29) is 12.2 Å². The van der Waals surface area contributed by atoms with E-state index in [9.17, 15) is 9.59 Å². The highest BCUT2D eigenvalue weighted by Crippen LogP contribution is 2.31. The van der Waals surface area contributed by atoms with Gasteiger partial charge in [0, 0.05) is 19.8 Å². The second-order valence-electron chi connectivity index (χ2n) is 9.63. The van der Waals surface area contributed by atoms with Crippen LogP contribution in [-0.2, 0) is 16.1 Å². The SMILES string of the molecule is CCOC(=O)C1=C(C)N=c2sc(=Cc3ccc(OCc4ccccc4)cc3)c(=O)n2[C@H]1c1ccc(N(C)C)cc1. The zero-order chi connectivity index (χ0) is 28.2. The Bertz CT molecular complexity index is 1720. The van der Waals surface area contributed by atoms with Gasteiger partial charge in [-0.05, 0) is 60.9 Å². The van der Waals surface area contributed by atoms with Crippen molar-refractivity contribution >= 4 is 29.1 Å². The Kier molecular flexibility index (Phi) is 7.98. The van der Waals surface area contributed by atoms with Gasteiger partial charge >= 0.3 is 5.97 Å². The van der Waals surface area contributed by atoms with Crippen molar-refractivity contribution < 1.29 is 14.3 Å². The molecule has 0 fully saturated rings. The minimum atomic E-state index is -0.637. The molecule has 5 rings (SSSR count). The van der Waals surface area contributed by atoms with E-state index in [0.29, 0.717) is 27.2 Å². The van der Waals surface area contributed by atoms with Gasteiger partial charge in [-0.1, -0.05) is 65.9 Å². The van der Waals surface area contributed by atoms with Gasteiger partial charge in [-0.25, -0.2) is 9.79 Å². The van der Waals surface area contributed by atoms with Gasteiger partial charge in [-0.15, -0.1) is 0 Å². The van der Waals surface area contributed by atoms with Crippen LogP contribution in [0.15, 0.2) is 99.9 Å². The molecule has 0 saturated carbocycles. The molecule has 8 heteroatoms. The van der Waals surface area contributed by atoms with Crippen LogP contribution in [0.5, 0.6) is 5.75 Å². The summed E-state index contributed by atoms with van der Waals surface area (Å²) in [5, 5.41) is 0. The predicted octanol–water partition coefficient (Wildman–Crippen LogP) is 4.44. The zero-order valence-corrected chi connectivity index (χ0v) is 23.8. The fourth-order valence-corrected chi connectivity index (χ4v) is 5.66. The molecule has 3 aromatic carbocycles. The molecule has 0 spiro atoms. The van der Waals surface area contributed by atoms with Crippen LogP contribution in [0.4, 0.5) is 5.69 Å². The summed E-state index contributed by atoms with van der Waals surface area (Å²) in [4.78, 5) is 34.1.